The number of hydrogen-bond donors (Lipinski definition) is 2. The second-order valence-corrected chi connectivity index (χ2v) is 4.25. The first kappa shape index (κ1) is 12.0. The molecular formula is C13H15BO3. The van der Waals surface area contributed by atoms with Gasteiger partial charge in [-0.3, -0.25) is 0 Å². The minimum Gasteiger partial charge on any atom is -0.508 e. The molecule has 0 aromatic heterocycles. The van der Waals surface area contributed by atoms with E-state index in [1.54, 1.807) is 18.2 Å². The molecule has 1 atom stereocenters. The van der Waals surface area contributed by atoms with E-state index in [0.717, 1.165) is 16.6 Å². The van der Waals surface area contributed by atoms with Gasteiger partial charge in [0.15, 0.2) is 0 Å². The van der Waals surface area contributed by atoms with Gasteiger partial charge in [0, 0.05) is 0 Å². The molecule has 3 nitrogen and oxygen atoms in total. The van der Waals surface area contributed by atoms with Gasteiger partial charge in [0.2, 0.25) is 0 Å². The quantitative estimate of drug-likeness (QED) is 0.767. The van der Waals surface area contributed by atoms with Crippen molar-refractivity contribution >= 4 is 7.12 Å². The molecule has 1 aliphatic heterocycles. The maximum Gasteiger partial charge on any atom is 0.491 e. The Bertz CT molecular complexity index is 467. The SMILES string of the molecule is C=C(C)C1=CCC(c2cccc(O)c2)OB1O. The number of phenols is 1. The smallest absolute Gasteiger partial charge is 0.491 e. The second-order valence-electron chi connectivity index (χ2n) is 4.25. The Morgan fingerprint density at radius 1 is 1.53 bits per heavy atom. The molecule has 0 radical (unpaired) electrons. The monoisotopic (exact) mass is 230 g/mol. The van der Waals surface area contributed by atoms with E-state index < -0.39 is 7.12 Å². The maximum absolute atomic E-state index is 9.83. The van der Waals surface area contributed by atoms with Crippen LogP contribution in [0.15, 0.2) is 48.0 Å². The summed E-state index contributed by atoms with van der Waals surface area (Å²) in [6.07, 6.45) is 2.38. The van der Waals surface area contributed by atoms with Crippen LogP contribution in [-0.2, 0) is 4.65 Å². The zero-order valence-corrected chi connectivity index (χ0v) is 9.76. The molecule has 1 unspecified atom stereocenters. The van der Waals surface area contributed by atoms with Gasteiger partial charge in [0.05, 0.1) is 6.10 Å². The third kappa shape index (κ3) is 2.60. The molecule has 0 saturated heterocycles. The highest BCUT2D eigenvalue weighted by atomic mass is 16.5. The van der Waals surface area contributed by atoms with Crippen LogP contribution in [0.2, 0.25) is 0 Å². The lowest BCUT2D eigenvalue weighted by atomic mass is 9.71. The lowest BCUT2D eigenvalue weighted by molar-refractivity contribution is 0.168. The highest BCUT2D eigenvalue weighted by Gasteiger charge is 2.29. The largest absolute Gasteiger partial charge is 0.508 e. The Kier molecular flexibility index (Phi) is 3.36. The number of phenolic OH excluding ortho intramolecular Hbond substituents is 1. The number of rotatable bonds is 2. The van der Waals surface area contributed by atoms with E-state index in [2.05, 4.69) is 6.58 Å². The molecule has 1 aromatic rings. The predicted octanol–water partition coefficient (Wildman–Crippen LogP) is 2.38. The molecule has 0 saturated carbocycles. The van der Waals surface area contributed by atoms with Crippen LogP contribution in [0.25, 0.3) is 0 Å². The van der Waals surface area contributed by atoms with Crippen LogP contribution in [0, 0.1) is 0 Å². The average molecular weight is 230 g/mol. The molecule has 1 heterocycles. The molecule has 2 N–H and O–H groups in total. The van der Waals surface area contributed by atoms with Crippen molar-refractivity contribution < 1.29 is 14.8 Å². The Hall–Kier alpha value is -1.52. The minimum atomic E-state index is -0.936. The van der Waals surface area contributed by atoms with Crippen LogP contribution in [0.4, 0.5) is 0 Å². The molecule has 0 spiro atoms. The standard InChI is InChI=1S/C13H15BO3/c1-9(2)12-6-7-13(17-14(12)16)10-4-3-5-11(15)8-10/h3-6,8,13,15-16H,1,7H2,2H3. The van der Waals surface area contributed by atoms with Crippen molar-refractivity contribution in [2.24, 2.45) is 0 Å². The van der Waals surface area contributed by atoms with Crippen molar-refractivity contribution in [3.05, 3.63) is 53.5 Å². The average Bonchev–Trinajstić information content (AvgIpc) is 2.28. The lowest BCUT2D eigenvalue weighted by Crippen LogP contribution is -2.28. The molecule has 1 aliphatic rings. The Labute approximate surface area is 101 Å². The summed E-state index contributed by atoms with van der Waals surface area (Å²) < 4.78 is 5.52. The maximum atomic E-state index is 9.83. The van der Waals surface area contributed by atoms with Gasteiger partial charge in [0.25, 0.3) is 0 Å². The van der Waals surface area contributed by atoms with Gasteiger partial charge in [-0.1, -0.05) is 30.4 Å². The van der Waals surface area contributed by atoms with Crippen LogP contribution >= 0.6 is 0 Å². The second kappa shape index (κ2) is 4.78. The normalized spacial score (nSPS) is 20.0. The third-order valence-corrected chi connectivity index (χ3v) is 2.85. The van der Waals surface area contributed by atoms with E-state index in [9.17, 15) is 10.1 Å². The Morgan fingerprint density at radius 3 is 2.88 bits per heavy atom. The van der Waals surface area contributed by atoms with Gasteiger partial charge < -0.3 is 14.8 Å². The van der Waals surface area contributed by atoms with Gasteiger partial charge in [-0.25, -0.2) is 0 Å². The molecule has 4 heteroatoms. The highest BCUT2D eigenvalue weighted by Crippen LogP contribution is 2.31. The van der Waals surface area contributed by atoms with Crippen molar-refractivity contribution in [1.82, 2.24) is 0 Å². The number of hydrogen-bond acceptors (Lipinski definition) is 3. The van der Waals surface area contributed by atoms with Gasteiger partial charge >= 0.3 is 7.12 Å². The molecule has 88 valence electrons. The molecule has 0 amide bonds. The lowest BCUT2D eigenvalue weighted by Gasteiger charge is -2.25. The summed E-state index contributed by atoms with van der Waals surface area (Å²) in [5.41, 5.74) is 2.41. The fourth-order valence-electron chi connectivity index (χ4n) is 1.94. The van der Waals surface area contributed by atoms with Crippen molar-refractivity contribution in [2.45, 2.75) is 19.4 Å². The summed E-state index contributed by atoms with van der Waals surface area (Å²) in [7, 11) is -0.936. The summed E-state index contributed by atoms with van der Waals surface area (Å²) in [4.78, 5) is 0. The van der Waals surface area contributed by atoms with E-state index in [4.69, 9.17) is 4.65 Å². The van der Waals surface area contributed by atoms with Crippen LogP contribution in [-0.4, -0.2) is 17.2 Å². The first-order chi connectivity index (χ1) is 8.08. The zero-order valence-electron chi connectivity index (χ0n) is 9.76. The number of aromatic hydroxyl groups is 1. The number of allylic oxidation sites excluding steroid dienone is 2. The van der Waals surface area contributed by atoms with E-state index >= 15 is 0 Å². The molecule has 17 heavy (non-hydrogen) atoms. The van der Waals surface area contributed by atoms with Gasteiger partial charge in [0.1, 0.15) is 5.75 Å². The summed E-state index contributed by atoms with van der Waals surface area (Å²) >= 11 is 0. The first-order valence-electron chi connectivity index (χ1n) is 5.56. The van der Waals surface area contributed by atoms with Gasteiger partial charge in [-0.05, 0) is 36.5 Å². The summed E-state index contributed by atoms with van der Waals surface area (Å²) in [5, 5.41) is 19.2. The molecule has 0 fully saturated rings. The van der Waals surface area contributed by atoms with Gasteiger partial charge in [-0.15, -0.1) is 0 Å². The molecule has 1 aromatic carbocycles. The molecule has 0 aliphatic carbocycles. The van der Waals surface area contributed by atoms with Gasteiger partial charge in [-0.2, -0.15) is 0 Å². The highest BCUT2D eigenvalue weighted by molar-refractivity contribution is 6.54. The topological polar surface area (TPSA) is 49.7 Å². The molecular weight excluding hydrogens is 215 g/mol. The minimum absolute atomic E-state index is 0.204. The summed E-state index contributed by atoms with van der Waals surface area (Å²) in [5.74, 6) is 0.204. The first-order valence-corrected chi connectivity index (χ1v) is 5.56. The van der Waals surface area contributed by atoms with E-state index in [-0.39, 0.29) is 11.9 Å². The van der Waals surface area contributed by atoms with Crippen molar-refractivity contribution in [1.29, 1.82) is 0 Å². The fraction of sp³-hybridized carbons (Fsp3) is 0.231. The molecule has 2 rings (SSSR count). The van der Waals surface area contributed by atoms with E-state index in [0.29, 0.717) is 6.42 Å². The van der Waals surface area contributed by atoms with Crippen LogP contribution in [0.1, 0.15) is 25.0 Å². The molecule has 0 bridgehead atoms. The van der Waals surface area contributed by atoms with Crippen molar-refractivity contribution in [2.75, 3.05) is 0 Å². The Balaban J connectivity index is 2.20. The zero-order chi connectivity index (χ0) is 12.4. The van der Waals surface area contributed by atoms with Crippen molar-refractivity contribution in [3.63, 3.8) is 0 Å². The van der Waals surface area contributed by atoms with Crippen LogP contribution < -0.4 is 0 Å². The van der Waals surface area contributed by atoms with Crippen LogP contribution in [0.3, 0.4) is 0 Å². The van der Waals surface area contributed by atoms with E-state index in [1.165, 1.54) is 0 Å². The Morgan fingerprint density at radius 2 is 2.29 bits per heavy atom. The van der Waals surface area contributed by atoms with E-state index in [1.807, 2.05) is 19.1 Å². The van der Waals surface area contributed by atoms with Crippen LogP contribution in [0.5, 0.6) is 5.75 Å². The third-order valence-electron chi connectivity index (χ3n) is 2.85. The fourth-order valence-corrected chi connectivity index (χ4v) is 1.94. The summed E-state index contributed by atoms with van der Waals surface area (Å²) in [6, 6.07) is 6.89. The van der Waals surface area contributed by atoms with Crippen molar-refractivity contribution in [3.8, 4) is 5.75 Å². The number of benzene rings is 1. The predicted molar refractivity (Wildman–Crippen MR) is 67.4 cm³/mol. The summed E-state index contributed by atoms with van der Waals surface area (Å²) in [6.45, 7) is 5.63.